The van der Waals surface area contributed by atoms with Crippen molar-refractivity contribution in [3.05, 3.63) is 74.0 Å². The van der Waals surface area contributed by atoms with Gasteiger partial charge in [-0.25, -0.2) is 0 Å². The van der Waals surface area contributed by atoms with Gasteiger partial charge in [-0.3, -0.25) is 9.59 Å². The van der Waals surface area contributed by atoms with E-state index in [1.807, 2.05) is 45.3 Å². The molecule has 0 bridgehead atoms. The second-order valence-electron chi connectivity index (χ2n) is 7.87. The van der Waals surface area contributed by atoms with E-state index >= 15 is 0 Å². The molecule has 1 unspecified atom stereocenters. The number of amides is 1. The Kier molecular flexibility index (Phi) is 6.16. The standard InChI is InChI=1S/C24H25BrN2O4/c1-4-30-17-9-6-15(7-10-17)21-20-22(28)18-14-16(25)8-11-19(18)31-23(20)24(29)27(21)13-5-12-26(2)3/h6-11,14,21H,4-5,12-13H2,1-3H3. The van der Waals surface area contributed by atoms with E-state index in [9.17, 15) is 9.59 Å². The van der Waals surface area contributed by atoms with E-state index in [0.29, 0.717) is 29.7 Å². The van der Waals surface area contributed by atoms with Gasteiger partial charge in [0.2, 0.25) is 5.76 Å². The lowest BCUT2D eigenvalue weighted by Crippen LogP contribution is -2.32. The third-order valence-electron chi connectivity index (χ3n) is 5.44. The van der Waals surface area contributed by atoms with Crippen LogP contribution >= 0.6 is 15.9 Å². The lowest BCUT2D eigenvalue weighted by molar-refractivity contribution is 0.0722. The molecule has 0 saturated carbocycles. The average molecular weight is 485 g/mol. The van der Waals surface area contributed by atoms with Gasteiger partial charge in [0, 0.05) is 11.0 Å². The van der Waals surface area contributed by atoms with Crippen LogP contribution in [-0.2, 0) is 0 Å². The first kappa shape index (κ1) is 21.6. The molecule has 0 spiro atoms. The Hall–Kier alpha value is -2.64. The summed E-state index contributed by atoms with van der Waals surface area (Å²) in [6.45, 7) is 3.87. The topological polar surface area (TPSA) is 63.0 Å². The van der Waals surface area contributed by atoms with Gasteiger partial charge in [0.25, 0.3) is 5.91 Å². The minimum atomic E-state index is -0.486. The van der Waals surface area contributed by atoms with Crippen LogP contribution in [0.1, 0.15) is 41.1 Å². The molecule has 1 aromatic heterocycles. The molecule has 1 atom stereocenters. The Balaban J connectivity index is 1.84. The SMILES string of the molecule is CCOc1ccc(C2c3c(oc4ccc(Br)cc4c3=O)C(=O)N2CCCN(C)C)cc1. The van der Waals surface area contributed by atoms with E-state index in [2.05, 4.69) is 20.8 Å². The quantitative estimate of drug-likeness (QED) is 0.495. The summed E-state index contributed by atoms with van der Waals surface area (Å²) in [5.74, 6) is 0.655. The number of rotatable bonds is 7. The minimum absolute atomic E-state index is 0.142. The van der Waals surface area contributed by atoms with Crippen molar-refractivity contribution in [3.8, 4) is 5.75 Å². The molecule has 1 aliphatic heterocycles. The van der Waals surface area contributed by atoms with Crippen LogP contribution in [0.4, 0.5) is 0 Å². The molecule has 6 nitrogen and oxygen atoms in total. The van der Waals surface area contributed by atoms with Crippen molar-refractivity contribution in [1.29, 1.82) is 0 Å². The predicted octanol–water partition coefficient (Wildman–Crippen LogP) is 4.45. The molecule has 3 aromatic rings. The molecular weight excluding hydrogens is 460 g/mol. The van der Waals surface area contributed by atoms with Gasteiger partial charge in [0.1, 0.15) is 11.3 Å². The number of ether oxygens (including phenoxy) is 1. The van der Waals surface area contributed by atoms with Crippen molar-refractivity contribution >= 4 is 32.8 Å². The van der Waals surface area contributed by atoms with Crippen LogP contribution in [0.2, 0.25) is 0 Å². The summed E-state index contributed by atoms with van der Waals surface area (Å²) >= 11 is 3.42. The summed E-state index contributed by atoms with van der Waals surface area (Å²) in [6.07, 6.45) is 0.791. The lowest BCUT2D eigenvalue weighted by atomic mass is 9.98. The van der Waals surface area contributed by atoms with Crippen LogP contribution in [0.3, 0.4) is 0 Å². The fourth-order valence-corrected chi connectivity index (χ4v) is 4.40. The smallest absolute Gasteiger partial charge is 0.290 e. The number of halogens is 1. The second kappa shape index (κ2) is 8.85. The van der Waals surface area contributed by atoms with Gasteiger partial charge in [-0.05, 0) is 69.9 Å². The second-order valence-corrected chi connectivity index (χ2v) is 8.79. The van der Waals surface area contributed by atoms with Gasteiger partial charge in [-0.1, -0.05) is 28.1 Å². The fraction of sp³-hybridized carbons (Fsp3) is 0.333. The van der Waals surface area contributed by atoms with Crippen molar-refractivity contribution in [1.82, 2.24) is 9.80 Å². The van der Waals surface area contributed by atoms with E-state index in [-0.39, 0.29) is 17.1 Å². The molecule has 4 rings (SSSR count). The lowest BCUT2D eigenvalue weighted by Gasteiger charge is -2.26. The molecule has 0 fully saturated rings. The summed E-state index contributed by atoms with van der Waals surface area (Å²) in [4.78, 5) is 30.7. The molecule has 7 heteroatoms. The van der Waals surface area contributed by atoms with Gasteiger partial charge in [-0.15, -0.1) is 0 Å². The Morgan fingerprint density at radius 2 is 1.87 bits per heavy atom. The normalized spacial score (nSPS) is 15.7. The maximum absolute atomic E-state index is 13.5. The number of hydrogen-bond acceptors (Lipinski definition) is 5. The number of carbonyl (C=O) groups excluding carboxylic acids is 1. The van der Waals surface area contributed by atoms with Gasteiger partial charge in [0.15, 0.2) is 5.43 Å². The van der Waals surface area contributed by atoms with E-state index in [4.69, 9.17) is 9.15 Å². The Morgan fingerprint density at radius 3 is 2.55 bits per heavy atom. The fourth-order valence-electron chi connectivity index (χ4n) is 4.04. The van der Waals surface area contributed by atoms with Gasteiger partial charge >= 0.3 is 0 Å². The van der Waals surface area contributed by atoms with Crippen molar-refractivity contribution in [2.24, 2.45) is 0 Å². The molecule has 1 amide bonds. The molecule has 0 radical (unpaired) electrons. The van der Waals surface area contributed by atoms with Gasteiger partial charge in [-0.2, -0.15) is 0 Å². The van der Waals surface area contributed by atoms with E-state index in [1.54, 1.807) is 23.1 Å². The van der Waals surface area contributed by atoms with Crippen molar-refractivity contribution in [2.75, 3.05) is 33.8 Å². The summed E-state index contributed by atoms with van der Waals surface area (Å²) < 4.78 is 12.3. The summed E-state index contributed by atoms with van der Waals surface area (Å²) in [5, 5.41) is 0.465. The molecule has 162 valence electrons. The highest BCUT2D eigenvalue weighted by atomic mass is 79.9. The first-order chi connectivity index (χ1) is 14.9. The molecule has 0 saturated heterocycles. The zero-order valence-electron chi connectivity index (χ0n) is 17.9. The monoisotopic (exact) mass is 484 g/mol. The number of benzene rings is 2. The molecule has 0 aliphatic carbocycles. The Labute approximate surface area is 189 Å². The van der Waals surface area contributed by atoms with E-state index in [0.717, 1.165) is 28.8 Å². The number of hydrogen-bond donors (Lipinski definition) is 0. The van der Waals surface area contributed by atoms with Gasteiger partial charge < -0.3 is 19.0 Å². The third kappa shape index (κ3) is 4.12. The van der Waals surface area contributed by atoms with Crippen LogP contribution in [0.5, 0.6) is 5.75 Å². The summed E-state index contributed by atoms with van der Waals surface area (Å²) in [7, 11) is 4.00. The van der Waals surface area contributed by atoms with E-state index in [1.165, 1.54) is 0 Å². The highest BCUT2D eigenvalue weighted by Gasteiger charge is 2.42. The molecule has 2 aromatic carbocycles. The van der Waals surface area contributed by atoms with Crippen LogP contribution < -0.4 is 10.2 Å². The van der Waals surface area contributed by atoms with Crippen molar-refractivity contribution in [2.45, 2.75) is 19.4 Å². The molecule has 31 heavy (non-hydrogen) atoms. The zero-order chi connectivity index (χ0) is 22.1. The van der Waals surface area contributed by atoms with Crippen molar-refractivity contribution in [3.63, 3.8) is 0 Å². The molecule has 2 heterocycles. The first-order valence-corrected chi connectivity index (χ1v) is 11.1. The van der Waals surface area contributed by atoms with E-state index < -0.39 is 6.04 Å². The first-order valence-electron chi connectivity index (χ1n) is 10.4. The maximum atomic E-state index is 13.5. The summed E-state index contributed by atoms with van der Waals surface area (Å²) in [5.41, 5.74) is 1.52. The Morgan fingerprint density at radius 1 is 1.13 bits per heavy atom. The highest BCUT2D eigenvalue weighted by molar-refractivity contribution is 9.10. The highest BCUT2D eigenvalue weighted by Crippen LogP contribution is 2.38. The number of nitrogens with zero attached hydrogens (tertiary/aromatic N) is 2. The number of carbonyl (C=O) groups is 1. The molecule has 0 N–H and O–H groups in total. The average Bonchev–Trinajstić information content (AvgIpc) is 3.02. The van der Waals surface area contributed by atoms with Crippen molar-refractivity contribution < 1.29 is 13.9 Å². The molecule has 1 aliphatic rings. The minimum Gasteiger partial charge on any atom is -0.494 e. The zero-order valence-corrected chi connectivity index (χ0v) is 19.4. The van der Waals surface area contributed by atoms with Crippen LogP contribution in [-0.4, -0.2) is 49.5 Å². The molecular formula is C24H25BrN2O4. The number of fused-ring (bicyclic) bond motifs is 2. The van der Waals surface area contributed by atoms with Crippen LogP contribution in [0, 0.1) is 0 Å². The van der Waals surface area contributed by atoms with Gasteiger partial charge in [0.05, 0.1) is 23.6 Å². The predicted molar refractivity (Wildman–Crippen MR) is 124 cm³/mol. The summed E-state index contributed by atoms with van der Waals surface area (Å²) in [6, 6.07) is 12.4. The largest absolute Gasteiger partial charge is 0.494 e. The Bertz CT molecular complexity index is 1170. The van der Waals surface area contributed by atoms with Crippen LogP contribution in [0.25, 0.3) is 11.0 Å². The third-order valence-corrected chi connectivity index (χ3v) is 5.93. The van der Waals surface area contributed by atoms with Crippen LogP contribution in [0.15, 0.2) is 56.1 Å². The maximum Gasteiger partial charge on any atom is 0.290 e.